The molecular weight excluding hydrogens is 735 g/mol. The lowest BCUT2D eigenvalue weighted by molar-refractivity contribution is -0.133. The maximum Gasteiger partial charge on any atom is 0.313 e. The molecule has 3 aromatic carbocycles. The number of hydrogen-bond acceptors (Lipinski definition) is 8. The average Bonchev–Trinajstić information content (AvgIpc) is 3.75. The lowest BCUT2D eigenvalue weighted by atomic mass is 9.83. The van der Waals surface area contributed by atoms with Crippen LogP contribution in [0.4, 0.5) is 14.5 Å². The van der Waals surface area contributed by atoms with Gasteiger partial charge < -0.3 is 14.7 Å². The molecule has 8 nitrogen and oxygen atoms in total. The van der Waals surface area contributed by atoms with Crippen LogP contribution in [-0.4, -0.2) is 43.9 Å². The first-order chi connectivity index (χ1) is 23.9. The van der Waals surface area contributed by atoms with Crippen LogP contribution in [0.1, 0.15) is 49.9 Å². The van der Waals surface area contributed by atoms with E-state index in [4.69, 9.17) is 4.74 Å². The highest BCUT2D eigenvalue weighted by atomic mass is 32.3. The first kappa shape index (κ1) is 34.0. The van der Waals surface area contributed by atoms with Gasteiger partial charge in [-0.3, -0.25) is 9.35 Å². The van der Waals surface area contributed by atoms with E-state index in [1.54, 1.807) is 17.4 Å². The zero-order valence-corrected chi connectivity index (χ0v) is 31.5. The third-order valence-corrected chi connectivity index (χ3v) is 14.8. The van der Waals surface area contributed by atoms with Crippen LogP contribution in [0.25, 0.3) is 26.5 Å². The normalized spacial score (nSPS) is 16.4. The van der Waals surface area contributed by atoms with Crippen LogP contribution >= 0.6 is 34.4 Å². The molecule has 14 heteroatoms. The Bertz CT molecular complexity index is 2640. The molecular formula is C37H31F2N2O6S4+. The van der Waals surface area contributed by atoms with Gasteiger partial charge in [-0.2, -0.15) is 8.42 Å². The molecule has 5 aromatic rings. The van der Waals surface area contributed by atoms with Gasteiger partial charge in [0.2, 0.25) is 5.36 Å². The minimum atomic E-state index is -4.51. The zero-order valence-electron chi connectivity index (χ0n) is 28.2. The number of anilines is 1. The highest BCUT2D eigenvalue weighted by Gasteiger charge is 2.42. The number of carboxylic acids is 1. The maximum atomic E-state index is 16.7. The fourth-order valence-electron chi connectivity index (χ4n) is 7.27. The molecule has 5 heterocycles. The Morgan fingerprint density at radius 3 is 2.41 bits per heavy atom. The summed E-state index contributed by atoms with van der Waals surface area (Å²) >= 11 is 3.23. The highest BCUT2D eigenvalue weighted by molar-refractivity contribution is 8.00. The van der Waals surface area contributed by atoms with Crippen molar-refractivity contribution in [2.75, 3.05) is 24.7 Å². The van der Waals surface area contributed by atoms with E-state index in [-0.39, 0.29) is 20.2 Å². The molecule has 262 valence electrons. The van der Waals surface area contributed by atoms with Gasteiger partial charge in [0.15, 0.2) is 5.54 Å². The minimum absolute atomic E-state index is 0.0704. The quantitative estimate of drug-likeness (QED) is 0.107. The Balaban J connectivity index is 1.50. The summed E-state index contributed by atoms with van der Waals surface area (Å²) in [7, 11) is -0.623. The van der Waals surface area contributed by atoms with Crippen molar-refractivity contribution in [2.24, 2.45) is 0 Å². The van der Waals surface area contributed by atoms with Crippen molar-refractivity contribution in [3.05, 3.63) is 98.4 Å². The highest BCUT2D eigenvalue weighted by Crippen LogP contribution is 2.54. The van der Waals surface area contributed by atoms with E-state index in [1.807, 2.05) is 56.4 Å². The second-order valence-corrected chi connectivity index (χ2v) is 18.5. The van der Waals surface area contributed by atoms with E-state index < -0.39 is 39.0 Å². The van der Waals surface area contributed by atoms with Gasteiger partial charge in [-0.15, -0.1) is 34.4 Å². The Kier molecular flexibility index (Phi) is 7.48. The van der Waals surface area contributed by atoms with Gasteiger partial charge in [-0.05, 0) is 61.2 Å². The summed E-state index contributed by atoms with van der Waals surface area (Å²) in [5.41, 5.74) is 3.75. The van der Waals surface area contributed by atoms with E-state index in [0.717, 1.165) is 50.5 Å². The van der Waals surface area contributed by atoms with Crippen LogP contribution < -0.4 is 24.8 Å². The molecule has 3 aliphatic heterocycles. The van der Waals surface area contributed by atoms with Gasteiger partial charge in [0.05, 0.1) is 27.8 Å². The molecule has 3 aliphatic rings. The summed E-state index contributed by atoms with van der Waals surface area (Å²) in [5, 5.41) is 12.8. The molecule has 0 saturated heterocycles. The van der Waals surface area contributed by atoms with Gasteiger partial charge in [-0.1, -0.05) is 0 Å². The Morgan fingerprint density at radius 1 is 0.961 bits per heavy atom. The summed E-state index contributed by atoms with van der Waals surface area (Å²) in [6.07, 6.45) is 0. The lowest BCUT2D eigenvalue weighted by Gasteiger charge is -2.43. The number of aliphatic carboxylic acids is 1. The van der Waals surface area contributed by atoms with E-state index in [1.165, 1.54) is 6.07 Å². The van der Waals surface area contributed by atoms with Gasteiger partial charge >= 0.3 is 16.1 Å². The molecule has 0 amide bonds. The number of carbonyl (C=O) groups is 1. The monoisotopic (exact) mass is 765 g/mol. The number of thiophene rings is 2. The Labute approximate surface area is 304 Å². The van der Waals surface area contributed by atoms with Crippen molar-refractivity contribution in [3.63, 3.8) is 0 Å². The number of benzene rings is 3. The van der Waals surface area contributed by atoms with Gasteiger partial charge in [-0.25, -0.2) is 13.4 Å². The average molecular weight is 766 g/mol. The van der Waals surface area contributed by atoms with Crippen molar-refractivity contribution >= 4 is 61.8 Å². The van der Waals surface area contributed by atoms with Crippen LogP contribution in [-0.2, 0) is 26.0 Å². The summed E-state index contributed by atoms with van der Waals surface area (Å²) in [6.45, 7) is 8.18. The van der Waals surface area contributed by atoms with Crippen molar-refractivity contribution in [1.82, 2.24) is 4.58 Å². The van der Waals surface area contributed by atoms with Gasteiger partial charge in [0.1, 0.15) is 34.4 Å². The molecule has 51 heavy (non-hydrogen) atoms. The fraction of sp³-hybridized carbons (Fsp3) is 0.243. The third kappa shape index (κ3) is 5.01. The minimum Gasteiger partial charge on any atom is -0.481 e. The number of carboxylic acid groups (broad SMARTS) is 1. The van der Waals surface area contributed by atoms with Crippen molar-refractivity contribution in [2.45, 2.75) is 47.9 Å². The lowest BCUT2D eigenvalue weighted by Crippen LogP contribution is -2.46. The number of fused-ring (bicyclic) bond motifs is 8. The largest absolute Gasteiger partial charge is 0.481 e. The van der Waals surface area contributed by atoms with Crippen LogP contribution in [0.5, 0.6) is 11.5 Å². The van der Waals surface area contributed by atoms with E-state index in [0.29, 0.717) is 55.6 Å². The summed E-state index contributed by atoms with van der Waals surface area (Å²) in [4.78, 5) is 14.9. The molecule has 0 saturated carbocycles. The topological polar surface area (TPSA) is 107 Å². The molecule has 0 unspecified atom stereocenters. The number of ether oxygens (including phenoxy) is 1. The standard InChI is InChI=1S/C37H30F2N2O6S4/c1-36(2)23-7-8-48-34(23)18-11-20-27(14-25(18)40(36)5)47-28-15-26-19(35-24(37(3,4)41(26)6)13-31(50-35)51(44,45)46)12-21(28)32(20)22-9-17(38)10-29(33(22)39)49-16-30(42)43/h7-15H,16H2,1-6H3,(H-,42,43,44,45,46)/p+1. The van der Waals surface area contributed by atoms with Crippen LogP contribution in [0, 0.1) is 11.6 Å². The molecule has 0 bridgehead atoms. The molecule has 8 rings (SSSR count). The smallest absolute Gasteiger partial charge is 0.313 e. The number of halogens is 2. The number of thioether (sulfide) groups is 1. The molecule has 0 radical (unpaired) electrons. The number of rotatable bonds is 5. The second-order valence-electron chi connectivity index (χ2n) is 13.8. The fourth-order valence-corrected chi connectivity index (χ4v) is 11.1. The first-order valence-electron chi connectivity index (χ1n) is 15.8. The zero-order chi connectivity index (χ0) is 36.5. The van der Waals surface area contributed by atoms with Crippen molar-refractivity contribution < 1.29 is 36.4 Å². The molecule has 0 spiro atoms. The molecule has 2 N–H and O–H groups in total. The van der Waals surface area contributed by atoms with E-state index in [9.17, 15) is 22.9 Å². The predicted molar refractivity (Wildman–Crippen MR) is 197 cm³/mol. The molecule has 0 fully saturated rings. The van der Waals surface area contributed by atoms with E-state index in [2.05, 4.69) is 24.5 Å². The SMILES string of the molecule is CN1c2cc3c(cc2-c2sc(S(=O)(=O)O)cc2C1(C)C)C(c1cc(F)cc(SCC(=O)O)c1F)=c1cc2c(cc1O3)=[N+](C)C(C)(C)c1ccsc1-2. The summed E-state index contributed by atoms with van der Waals surface area (Å²) in [6, 6.07) is 13.2. The number of hydrogen-bond donors (Lipinski definition) is 2. The van der Waals surface area contributed by atoms with Crippen LogP contribution in [0.15, 0.2) is 63.0 Å². The van der Waals surface area contributed by atoms with Crippen LogP contribution in [0.3, 0.4) is 0 Å². The molecule has 0 aliphatic carbocycles. The van der Waals surface area contributed by atoms with Gasteiger partial charge in [0.25, 0.3) is 0 Å². The first-order valence-corrected chi connectivity index (χ1v) is 20.0. The Hall–Kier alpha value is -4.08. The predicted octanol–water partition coefficient (Wildman–Crippen LogP) is 7.25. The van der Waals surface area contributed by atoms with Crippen molar-refractivity contribution in [3.8, 4) is 32.4 Å². The third-order valence-electron chi connectivity index (χ3n) is 10.4. The van der Waals surface area contributed by atoms with Crippen LogP contribution in [0.2, 0.25) is 0 Å². The van der Waals surface area contributed by atoms with Gasteiger partial charge in [0, 0.05) is 75.5 Å². The molecule has 0 atom stereocenters. The van der Waals surface area contributed by atoms with Crippen molar-refractivity contribution in [1.29, 1.82) is 0 Å². The molecule has 2 aromatic heterocycles. The summed E-state index contributed by atoms with van der Waals surface area (Å²) in [5.74, 6) is -2.32. The summed E-state index contributed by atoms with van der Waals surface area (Å²) < 4.78 is 75.5. The maximum absolute atomic E-state index is 16.7. The number of nitrogens with zero attached hydrogens (tertiary/aromatic N) is 2. The van der Waals surface area contributed by atoms with E-state index >= 15 is 8.78 Å². The second kappa shape index (κ2) is 11.2. The Morgan fingerprint density at radius 2 is 1.71 bits per heavy atom.